The molecule has 2 atom stereocenters. The van der Waals surface area contributed by atoms with E-state index in [9.17, 15) is 0 Å². The highest BCUT2D eigenvalue weighted by atomic mass is 16.5. The van der Waals surface area contributed by atoms with Crippen LogP contribution >= 0.6 is 0 Å². The second-order valence-corrected chi connectivity index (χ2v) is 4.49. The van der Waals surface area contributed by atoms with Crippen molar-refractivity contribution in [3.63, 3.8) is 0 Å². The van der Waals surface area contributed by atoms with Gasteiger partial charge in [-0.15, -0.1) is 0 Å². The van der Waals surface area contributed by atoms with Crippen LogP contribution in [-0.2, 0) is 4.74 Å². The van der Waals surface area contributed by atoms with Crippen molar-refractivity contribution in [2.24, 2.45) is 0 Å². The van der Waals surface area contributed by atoms with Crippen molar-refractivity contribution >= 4 is 0 Å². The number of hydrogen-bond acceptors (Lipinski definition) is 3. The third-order valence-electron chi connectivity index (χ3n) is 2.94. The molecule has 3 heteroatoms. The second-order valence-electron chi connectivity index (χ2n) is 4.49. The molecule has 0 aliphatic heterocycles. The summed E-state index contributed by atoms with van der Waals surface area (Å²) in [4.78, 5) is 0. The quantitative estimate of drug-likeness (QED) is 0.576. The third kappa shape index (κ3) is 6.88. The Bertz CT molecular complexity index is 147. The standard InChI is InChI=1S/C12H28N2O/c1-6-8-13-9-11(3)14-10-12(4,7-2)15-5/h11,13-14H,6-10H2,1-5H3. The first-order valence-electron chi connectivity index (χ1n) is 6.07. The zero-order chi connectivity index (χ0) is 11.7. The van der Waals surface area contributed by atoms with Crippen LogP contribution in [0.2, 0.25) is 0 Å². The molecule has 15 heavy (non-hydrogen) atoms. The van der Waals surface area contributed by atoms with Gasteiger partial charge in [0.25, 0.3) is 0 Å². The molecule has 0 saturated heterocycles. The van der Waals surface area contributed by atoms with Crippen LogP contribution in [0.5, 0.6) is 0 Å². The van der Waals surface area contributed by atoms with Crippen LogP contribution in [-0.4, -0.2) is 38.4 Å². The van der Waals surface area contributed by atoms with Gasteiger partial charge in [-0.2, -0.15) is 0 Å². The average Bonchev–Trinajstić information content (AvgIpc) is 2.26. The van der Waals surface area contributed by atoms with Gasteiger partial charge in [-0.3, -0.25) is 0 Å². The van der Waals surface area contributed by atoms with Crippen molar-refractivity contribution in [2.45, 2.75) is 52.2 Å². The lowest BCUT2D eigenvalue weighted by Gasteiger charge is -2.29. The lowest BCUT2D eigenvalue weighted by Crippen LogP contribution is -2.45. The number of hydrogen-bond donors (Lipinski definition) is 2. The SMILES string of the molecule is CCCNCC(C)NCC(C)(CC)OC. The first-order chi connectivity index (χ1) is 7.08. The van der Waals surface area contributed by atoms with E-state index in [2.05, 4.69) is 38.3 Å². The molecular formula is C12H28N2O. The molecule has 0 fully saturated rings. The fourth-order valence-electron chi connectivity index (χ4n) is 1.30. The summed E-state index contributed by atoms with van der Waals surface area (Å²) in [6.07, 6.45) is 2.23. The van der Waals surface area contributed by atoms with E-state index >= 15 is 0 Å². The summed E-state index contributed by atoms with van der Waals surface area (Å²) in [5, 5.41) is 6.90. The van der Waals surface area contributed by atoms with Gasteiger partial charge in [0.15, 0.2) is 0 Å². The monoisotopic (exact) mass is 216 g/mol. The number of rotatable bonds is 9. The molecule has 0 radical (unpaired) electrons. The molecule has 0 amide bonds. The molecule has 0 aromatic carbocycles. The molecule has 0 bridgehead atoms. The van der Waals surface area contributed by atoms with Crippen LogP contribution in [0.4, 0.5) is 0 Å². The van der Waals surface area contributed by atoms with Gasteiger partial charge in [0.1, 0.15) is 0 Å². The minimum absolute atomic E-state index is 0.0288. The lowest BCUT2D eigenvalue weighted by molar-refractivity contribution is 0.00204. The van der Waals surface area contributed by atoms with Crippen LogP contribution in [0.1, 0.15) is 40.5 Å². The number of nitrogens with one attached hydrogen (secondary N) is 2. The predicted octanol–water partition coefficient (Wildman–Crippen LogP) is 1.78. The van der Waals surface area contributed by atoms with Gasteiger partial charge in [-0.25, -0.2) is 0 Å². The normalized spacial score (nSPS) is 17.4. The number of ether oxygens (including phenoxy) is 1. The summed E-state index contributed by atoms with van der Waals surface area (Å²) in [5.74, 6) is 0. The molecule has 0 aromatic rings. The summed E-state index contributed by atoms with van der Waals surface area (Å²) in [6, 6.07) is 0.498. The highest BCUT2D eigenvalue weighted by molar-refractivity contribution is 4.78. The highest BCUT2D eigenvalue weighted by Crippen LogP contribution is 2.12. The van der Waals surface area contributed by atoms with Gasteiger partial charge in [0.2, 0.25) is 0 Å². The zero-order valence-corrected chi connectivity index (χ0v) is 11.0. The maximum Gasteiger partial charge on any atom is 0.0772 e. The van der Waals surface area contributed by atoms with Crippen LogP contribution in [0.25, 0.3) is 0 Å². The summed E-state index contributed by atoms with van der Waals surface area (Å²) >= 11 is 0. The Morgan fingerprint density at radius 3 is 2.47 bits per heavy atom. The number of methoxy groups -OCH3 is 1. The largest absolute Gasteiger partial charge is 0.377 e. The molecule has 92 valence electrons. The molecular weight excluding hydrogens is 188 g/mol. The second kappa shape index (κ2) is 8.08. The van der Waals surface area contributed by atoms with Gasteiger partial charge in [-0.1, -0.05) is 13.8 Å². The Morgan fingerprint density at radius 1 is 1.33 bits per heavy atom. The van der Waals surface area contributed by atoms with Gasteiger partial charge in [0.05, 0.1) is 5.60 Å². The van der Waals surface area contributed by atoms with Crippen molar-refractivity contribution in [3.8, 4) is 0 Å². The third-order valence-corrected chi connectivity index (χ3v) is 2.94. The van der Waals surface area contributed by atoms with Crippen LogP contribution in [0.15, 0.2) is 0 Å². The molecule has 0 rings (SSSR count). The molecule has 0 aliphatic rings. The molecule has 0 aliphatic carbocycles. The lowest BCUT2D eigenvalue weighted by atomic mass is 10.0. The molecule has 0 spiro atoms. The van der Waals surface area contributed by atoms with Crippen LogP contribution in [0.3, 0.4) is 0 Å². The Hall–Kier alpha value is -0.120. The minimum atomic E-state index is -0.0288. The van der Waals surface area contributed by atoms with Crippen molar-refractivity contribution < 1.29 is 4.74 Å². The average molecular weight is 216 g/mol. The topological polar surface area (TPSA) is 33.3 Å². The van der Waals surface area contributed by atoms with Crippen molar-refractivity contribution in [1.29, 1.82) is 0 Å². The van der Waals surface area contributed by atoms with E-state index in [0.717, 1.165) is 26.1 Å². The Morgan fingerprint density at radius 2 is 2.00 bits per heavy atom. The summed E-state index contributed by atoms with van der Waals surface area (Å²) in [6.45, 7) is 11.7. The Labute approximate surface area is 95.0 Å². The van der Waals surface area contributed by atoms with Gasteiger partial charge in [-0.05, 0) is 33.2 Å². The Balaban J connectivity index is 3.64. The maximum atomic E-state index is 5.48. The van der Waals surface area contributed by atoms with E-state index in [1.165, 1.54) is 6.42 Å². The van der Waals surface area contributed by atoms with Crippen molar-refractivity contribution in [1.82, 2.24) is 10.6 Å². The molecule has 0 saturated carbocycles. The summed E-state index contributed by atoms with van der Waals surface area (Å²) in [5.41, 5.74) is -0.0288. The van der Waals surface area contributed by atoms with Crippen molar-refractivity contribution in [3.05, 3.63) is 0 Å². The highest BCUT2D eigenvalue weighted by Gasteiger charge is 2.21. The van der Waals surface area contributed by atoms with E-state index in [4.69, 9.17) is 4.74 Å². The van der Waals surface area contributed by atoms with Crippen LogP contribution < -0.4 is 10.6 Å². The summed E-state index contributed by atoms with van der Waals surface area (Å²) < 4.78 is 5.48. The molecule has 3 nitrogen and oxygen atoms in total. The molecule has 0 heterocycles. The molecule has 2 N–H and O–H groups in total. The van der Waals surface area contributed by atoms with E-state index in [0.29, 0.717) is 6.04 Å². The maximum absolute atomic E-state index is 5.48. The minimum Gasteiger partial charge on any atom is -0.377 e. The van der Waals surface area contributed by atoms with Gasteiger partial charge >= 0.3 is 0 Å². The van der Waals surface area contributed by atoms with E-state index in [-0.39, 0.29) is 5.60 Å². The van der Waals surface area contributed by atoms with Gasteiger partial charge in [0, 0.05) is 26.2 Å². The van der Waals surface area contributed by atoms with E-state index < -0.39 is 0 Å². The fraction of sp³-hybridized carbons (Fsp3) is 1.00. The van der Waals surface area contributed by atoms with E-state index in [1.807, 2.05) is 0 Å². The smallest absolute Gasteiger partial charge is 0.0772 e. The Kier molecular flexibility index (Phi) is 8.02. The first kappa shape index (κ1) is 14.9. The van der Waals surface area contributed by atoms with Gasteiger partial charge < -0.3 is 15.4 Å². The molecule has 0 aromatic heterocycles. The predicted molar refractivity (Wildman–Crippen MR) is 66.3 cm³/mol. The van der Waals surface area contributed by atoms with E-state index in [1.54, 1.807) is 7.11 Å². The molecule has 2 unspecified atom stereocenters. The zero-order valence-electron chi connectivity index (χ0n) is 11.0. The van der Waals surface area contributed by atoms with Crippen LogP contribution in [0, 0.1) is 0 Å². The summed E-state index contributed by atoms with van der Waals surface area (Å²) in [7, 11) is 1.78. The first-order valence-corrected chi connectivity index (χ1v) is 6.07. The fourth-order valence-corrected chi connectivity index (χ4v) is 1.30. The van der Waals surface area contributed by atoms with Crippen molar-refractivity contribution in [2.75, 3.05) is 26.7 Å².